The van der Waals surface area contributed by atoms with Crippen LogP contribution in [0.25, 0.3) is 0 Å². The Morgan fingerprint density at radius 1 is 0.541 bits per heavy atom. The number of carbonyl (C=O) groups is 4. The maximum Gasteiger partial charge on any atom is 2.00 e. The van der Waals surface area contributed by atoms with Crippen molar-refractivity contribution in [1.82, 2.24) is 0 Å². The number of rotatable bonds is 8. The number of benzene rings is 2. The second-order valence-corrected chi connectivity index (χ2v) is 7.57. The summed E-state index contributed by atoms with van der Waals surface area (Å²) in [6.45, 7) is 0. The van der Waals surface area contributed by atoms with Gasteiger partial charge in [0.1, 0.15) is 11.5 Å². The van der Waals surface area contributed by atoms with Crippen molar-refractivity contribution in [2.75, 3.05) is 28.4 Å². The molecule has 2 aromatic carbocycles. The largest absolute Gasteiger partial charge is 2.00 e. The Bertz CT molecular complexity index is 1020. The molecular weight excluding hydrogens is 592 g/mol. The van der Waals surface area contributed by atoms with E-state index in [1.54, 1.807) is 0 Å². The van der Waals surface area contributed by atoms with Crippen molar-refractivity contribution >= 4 is 40.4 Å². The molecule has 196 valence electrons. The van der Waals surface area contributed by atoms with Crippen LogP contribution in [0.4, 0.5) is 0 Å². The molecule has 14 nitrogen and oxygen atoms in total. The minimum Gasteiger partial charge on any atom is -0.771 e. The third-order valence-electron chi connectivity index (χ3n) is 3.90. The smallest absolute Gasteiger partial charge is 0.771 e. The van der Waals surface area contributed by atoms with Crippen LogP contribution in [-0.2, 0) is 47.6 Å². The van der Waals surface area contributed by atoms with Gasteiger partial charge in [-0.15, -0.1) is 0 Å². The van der Waals surface area contributed by atoms with Crippen molar-refractivity contribution in [1.29, 1.82) is 0 Å². The number of hydrogen-bond acceptors (Lipinski definition) is 14. The van der Waals surface area contributed by atoms with E-state index in [1.165, 1.54) is 12.1 Å². The quantitative estimate of drug-likeness (QED) is 0.175. The normalized spacial score (nSPS) is 11.2. The Hall–Kier alpha value is -3.08. The molecule has 0 aliphatic rings. The van der Waals surface area contributed by atoms with Crippen LogP contribution < -0.4 is 18.8 Å². The SMILES string of the molecule is COC(=O)c1cc(O[PH](=O)[O-])cc(C(=O)OC)c1.COC(=O)c1cc(O[PH](=O)[O-])cc(C(=O)OC)c1.[Zn+2]. The average Bonchev–Trinajstić information content (AvgIpc) is 2.85. The molecule has 0 radical (unpaired) electrons. The molecule has 0 saturated heterocycles. The molecule has 0 N–H and O–H groups in total. The first-order chi connectivity index (χ1) is 16.9. The summed E-state index contributed by atoms with van der Waals surface area (Å²) in [6.07, 6.45) is 0. The van der Waals surface area contributed by atoms with E-state index in [4.69, 9.17) is 0 Å². The molecule has 37 heavy (non-hydrogen) atoms. The molecule has 17 heteroatoms. The molecule has 0 aliphatic carbocycles. The maximum atomic E-state index is 11.3. The number of ether oxygens (including phenoxy) is 4. The topological polar surface area (TPSA) is 204 Å². The molecule has 0 bridgehead atoms. The van der Waals surface area contributed by atoms with Crippen molar-refractivity contribution in [3.05, 3.63) is 58.7 Å². The maximum absolute atomic E-state index is 11.3. The van der Waals surface area contributed by atoms with Gasteiger partial charge in [-0.3, -0.25) is 9.13 Å². The predicted molar refractivity (Wildman–Crippen MR) is 118 cm³/mol. The standard InChI is InChI=1S/2C10H11O7P.Zn/c2*1-15-9(11)6-3-7(10(12)16-2)5-8(4-6)17-18(13)14;/h2*3-5,18H,1-2H3,(H,13,14);/q;;+2/p-2. The van der Waals surface area contributed by atoms with Crippen molar-refractivity contribution in [3.8, 4) is 11.5 Å². The van der Waals surface area contributed by atoms with Crippen LogP contribution in [0.15, 0.2) is 36.4 Å². The van der Waals surface area contributed by atoms with Gasteiger partial charge in [-0.25, -0.2) is 19.2 Å². The fourth-order valence-corrected chi connectivity index (χ4v) is 3.07. The van der Waals surface area contributed by atoms with Crippen molar-refractivity contribution in [2.45, 2.75) is 0 Å². The molecular formula is C20H20O14P2Zn. The zero-order chi connectivity index (χ0) is 27.4. The van der Waals surface area contributed by atoms with E-state index < -0.39 is 40.4 Å². The molecule has 0 heterocycles. The first kappa shape index (κ1) is 33.9. The molecule has 0 aliphatic heterocycles. The summed E-state index contributed by atoms with van der Waals surface area (Å²) in [5.74, 6) is -3.21. The van der Waals surface area contributed by atoms with Crippen LogP contribution in [-0.4, -0.2) is 52.3 Å². The van der Waals surface area contributed by atoms with Gasteiger partial charge in [0.15, 0.2) is 16.5 Å². The molecule has 0 fully saturated rings. The van der Waals surface area contributed by atoms with Crippen molar-refractivity contribution < 1.29 is 85.6 Å². The summed E-state index contributed by atoms with van der Waals surface area (Å²) in [6, 6.07) is 7.04. The fourth-order valence-electron chi connectivity index (χ4n) is 2.45. The van der Waals surface area contributed by atoms with Crippen LogP contribution in [0.1, 0.15) is 41.4 Å². The minimum atomic E-state index is -3.49. The summed E-state index contributed by atoms with van der Waals surface area (Å²) in [5.41, 5.74) is -0.0606. The fraction of sp³-hybridized carbons (Fsp3) is 0.200. The molecule has 2 unspecified atom stereocenters. The van der Waals surface area contributed by atoms with Crippen LogP contribution in [0.3, 0.4) is 0 Å². The zero-order valence-corrected chi connectivity index (χ0v) is 24.9. The van der Waals surface area contributed by atoms with Crippen LogP contribution in [0, 0.1) is 0 Å². The van der Waals surface area contributed by atoms with Gasteiger partial charge in [-0.2, -0.15) is 0 Å². The average molecular weight is 612 g/mol. The molecule has 2 atom stereocenters. The summed E-state index contributed by atoms with van der Waals surface area (Å²) in [7, 11) is -2.35. The van der Waals surface area contributed by atoms with Gasteiger partial charge in [0.05, 0.1) is 50.7 Å². The summed E-state index contributed by atoms with van der Waals surface area (Å²) in [4.78, 5) is 66.3. The van der Waals surface area contributed by atoms with Crippen LogP contribution >= 0.6 is 16.5 Å². The Balaban J connectivity index is 0.000000682. The van der Waals surface area contributed by atoms with Crippen LogP contribution in [0.5, 0.6) is 11.5 Å². The third-order valence-corrected chi connectivity index (χ3v) is 4.70. The van der Waals surface area contributed by atoms with E-state index in [0.29, 0.717) is 0 Å². The van der Waals surface area contributed by atoms with Crippen molar-refractivity contribution in [2.24, 2.45) is 0 Å². The van der Waals surface area contributed by atoms with Gasteiger partial charge in [0, 0.05) is 0 Å². The second kappa shape index (κ2) is 16.6. The Morgan fingerprint density at radius 2 is 0.757 bits per heavy atom. The third kappa shape index (κ3) is 11.2. The molecule has 0 aromatic heterocycles. The van der Waals surface area contributed by atoms with Gasteiger partial charge in [0.2, 0.25) is 0 Å². The van der Waals surface area contributed by atoms with Crippen LogP contribution in [0.2, 0.25) is 0 Å². The van der Waals surface area contributed by atoms with E-state index in [2.05, 4.69) is 28.0 Å². The molecule has 0 amide bonds. The van der Waals surface area contributed by atoms with E-state index in [1.807, 2.05) is 0 Å². The Kier molecular flexibility index (Phi) is 15.2. The van der Waals surface area contributed by atoms with E-state index in [0.717, 1.165) is 52.7 Å². The molecule has 0 spiro atoms. The van der Waals surface area contributed by atoms with E-state index >= 15 is 0 Å². The Labute approximate surface area is 224 Å². The summed E-state index contributed by atoms with van der Waals surface area (Å²) < 4.78 is 47.8. The first-order valence-electron chi connectivity index (χ1n) is 9.36. The van der Waals surface area contributed by atoms with Gasteiger partial charge >= 0.3 is 43.4 Å². The molecule has 2 rings (SSSR count). The summed E-state index contributed by atoms with van der Waals surface area (Å²) in [5, 5.41) is 0. The summed E-state index contributed by atoms with van der Waals surface area (Å²) >= 11 is 0. The van der Waals surface area contributed by atoms with E-state index in [9.17, 15) is 38.1 Å². The minimum absolute atomic E-state index is 0. The van der Waals surface area contributed by atoms with Crippen molar-refractivity contribution in [3.63, 3.8) is 0 Å². The number of methoxy groups -OCH3 is 4. The number of hydrogen-bond donors (Lipinski definition) is 0. The van der Waals surface area contributed by atoms with Gasteiger partial charge < -0.3 is 37.8 Å². The zero-order valence-electron chi connectivity index (χ0n) is 19.9. The molecule has 2 aromatic rings. The second-order valence-electron chi connectivity index (χ2n) is 6.16. The van der Waals surface area contributed by atoms with Gasteiger partial charge in [0.25, 0.3) is 0 Å². The van der Waals surface area contributed by atoms with Gasteiger partial charge in [-0.1, -0.05) is 0 Å². The molecule has 0 saturated carbocycles. The monoisotopic (exact) mass is 610 g/mol. The number of carbonyl (C=O) groups excluding carboxylic acids is 4. The van der Waals surface area contributed by atoms with E-state index in [-0.39, 0.29) is 53.2 Å². The number of esters is 4. The van der Waals surface area contributed by atoms with Gasteiger partial charge in [-0.05, 0) is 36.4 Å². The Morgan fingerprint density at radius 3 is 0.919 bits per heavy atom. The first-order valence-corrected chi connectivity index (χ1v) is 11.8. The predicted octanol–water partition coefficient (Wildman–Crippen LogP) is 0.775.